The van der Waals surface area contributed by atoms with Gasteiger partial charge in [-0.3, -0.25) is 4.79 Å². The highest BCUT2D eigenvalue weighted by Crippen LogP contribution is 2.32. The molecule has 29 heavy (non-hydrogen) atoms. The third-order valence-electron chi connectivity index (χ3n) is 5.21. The lowest BCUT2D eigenvalue weighted by molar-refractivity contribution is -0.137. The molecular weight excluding hydrogens is 403 g/mol. The molecule has 1 aromatic heterocycles. The Morgan fingerprint density at radius 2 is 1.90 bits per heavy atom. The number of aryl methyl sites for hydroxylation is 1. The fourth-order valence-electron chi connectivity index (χ4n) is 3.53. The van der Waals surface area contributed by atoms with Gasteiger partial charge in [-0.25, -0.2) is 4.98 Å². The second-order valence-corrected chi connectivity index (χ2v) is 7.89. The molecule has 1 fully saturated rings. The average Bonchev–Trinajstić information content (AvgIpc) is 2.67. The zero-order valence-corrected chi connectivity index (χ0v) is 16.8. The highest BCUT2D eigenvalue weighted by Gasteiger charge is 2.32. The number of nitrogens with zero attached hydrogens (tertiary/aromatic N) is 1. The van der Waals surface area contributed by atoms with E-state index in [0.717, 1.165) is 61.8 Å². The molecule has 0 spiro atoms. The molecule has 0 atom stereocenters. The van der Waals surface area contributed by atoms with Gasteiger partial charge in [0.15, 0.2) is 0 Å². The number of aromatic nitrogens is 1. The summed E-state index contributed by atoms with van der Waals surface area (Å²) in [7, 11) is 0. The topological polar surface area (TPSA) is 54.0 Å². The zero-order chi connectivity index (χ0) is 21.0. The molecule has 0 unspecified atom stereocenters. The van der Waals surface area contributed by atoms with E-state index in [4.69, 9.17) is 11.6 Å². The van der Waals surface area contributed by atoms with Gasteiger partial charge >= 0.3 is 6.18 Å². The normalized spacial score (nSPS) is 19.6. The summed E-state index contributed by atoms with van der Waals surface area (Å²) in [4.78, 5) is 16.7. The number of anilines is 1. The van der Waals surface area contributed by atoms with Crippen LogP contribution in [-0.2, 0) is 6.18 Å². The summed E-state index contributed by atoms with van der Waals surface area (Å²) in [6, 6.07) is 6.66. The summed E-state index contributed by atoms with van der Waals surface area (Å²) < 4.78 is 38.7. The van der Waals surface area contributed by atoms with E-state index in [-0.39, 0.29) is 16.6 Å². The molecular formula is C21H23ClF3N3O. The molecule has 1 saturated carbocycles. The molecule has 1 amide bonds. The van der Waals surface area contributed by atoms with Crippen LogP contribution in [0.3, 0.4) is 0 Å². The zero-order valence-electron chi connectivity index (χ0n) is 16.0. The number of carbonyl (C=O) groups is 1. The van der Waals surface area contributed by atoms with Crippen molar-refractivity contribution in [2.45, 2.75) is 44.8 Å². The Kier molecular flexibility index (Phi) is 6.67. The minimum Gasteiger partial charge on any atom is -0.370 e. The first kappa shape index (κ1) is 21.4. The quantitative estimate of drug-likeness (QED) is 0.668. The molecule has 0 aliphatic heterocycles. The van der Waals surface area contributed by atoms with Crippen molar-refractivity contribution in [3.63, 3.8) is 0 Å². The van der Waals surface area contributed by atoms with Gasteiger partial charge in [0.2, 0.25) is 0 Å². The van der Waals surface area contributed by atoms with E-state index in [2.05, 4.69) is 15.6 Å². The molecule has 1 aliphatic carbocycles. The van der Waals surface area contributed by atoms with Crippen LogP contribution in [0.4, 0.5) is 19.0 Å². The van der Waals surface area contributed by atoms with E-state index in [9.17, 15) is 18.0 Å². The minimum atomic E-state index is -4.52. The molecule has 1 aliphatic rings. The number of halogens is 4. The van der Waals surface area contributed by atoms with E-state index in [1.807, 2.05) is 19.1 Å². The van der Waals surface area contributed by atoms with Gasteiger partial charge in [0.1, 0.15) is 5.82 Å². The smallest absolute Gasteiger partial charge is 0.370 e. The standard InChI is InChI=1S/C21H23ClF3N3O/c1-13-8-9-26-19(10-13)27-12-14-2-5-16(6-3-14)28-20(29)17-11-15(21(23,24)25)4-7-18(17)22/h4,7-11,14,16H,2-3,5-6,12H2,1H3,(H,26,27)(H,28,29). The minimum absolute atomic E-state index is 0.0130. The molecule has 4 nitrogen and oxygen atoms in total. The van der Waals surface area contributed by atoms with Crippen molar-refractivity contribution >= 4 is 23.3 Å². The van der Waals surface area contributed by atoms with Gasteiger partial charge in [0.25, 0.3) is 5.91 Å². The molecule has 3 rings (SSSR count). The second kappa shape index (κ2) is 9.03. The molecule has 0 radical (unpaired) electrons. The van der Waals surface area contributed by atoms with Crippen LogP contribution in [0.25, 0.3) is 0 Å². The fourth-order valence-corrected chi connectivity index (χ4v) is 3.73. The Morgan fingerprint density at radius 1 is 1.17 bits per heavy atom. The van der Waals surface area contributed by atoms with Crippen LogP contribution in [0.1, 0.15) is 47.2 Å². The Balaban J connectivity index is 1.51. The van der Waals surface area contributed by atoms with Crippen molar-refractivity contribution in [3.05, 3.63) is 58.2 Å². The van der Waals surface area contributed by atoms with Crippen LogP contribution >= 0.6 is 11.6 Å². The first-order chi connectivity index (χ1) is 13.7. The van der Waals surface area contributed by atoms with E-state index in [1.54, 1.807) is 6.20 Å². The van der Waals surface area contributed by atoms with Gasteiger partial charge in [0, 0.05) is 18.8 Å². The lowest BCUT2D eigenvalue weighted by Crippen LogP contribution is -2.38. The van der Waals surface area contributed by atoms with E-state index >= 15 is 0 Å². The van der Waals surface area contributed by atoms with Crippen LogP contribution < -0.4 is 10.6 Å². The Hall–Kier alpha value is -2.28. The van der Waals surface area contributed by atoms with Crippen molar-refractivity contribution in [2.75, 3.05) is 11.9 Å². The average molecular weight is 426 g/mol. The van der Waals surface area contributed by atoms with Gasteiger partial charge in [-0.1, -0.05) is 11.6 Å². The summed E-state index contributed by atoms with van der Waals surface area (Å²) in [6.07, 6.45) is 0.631. The monoisotopic (exact) mass is 425 g/mol. The van der Waals surface area contributed by atoms with Gasteiger partial charge < -0.3 is 10.6 Å². The maximum Gasteiger partial charge on any atom is 0.416 e. The number of hydrogen-bond donors (Lipinski definition) is 2. The predicted molar refractivity (Wildman–Crippen MR) is 107 cm³/mol. The van der Waals surface area contributed by atoms with Gasteiger partial charge in [0.05, 0.1) is 16.1 Å². The SMILES string of the molecule is Cc1ccnc(NCC2CCC(NC(=O)c3cc(C(F)(F)F)ccc3Cl)CC2)c1. The summed E-state index contributed by atoms with van der Waals surface area (Å²) >= 11 is 5.95. The number of hydrogen-bond acceptors (Lipinski definition) is 3. The maximum atomic E-state index is 12.9. The van der Waals surface area contributed by atoms with Crippen LogP contribution in [0.2, 0.25) is 5.02 Å². The molecule has 8 heteroatoms. The second-order valence-electron chi connectivity index (χ2n) is 7.48. The maximum absolute atomic E-state index is 12.9. The Bertz CT molecular complexity index is 864. The van der Waals surface area contributed by atoms with Crippen LogP contribution in [0.5, 0.6) is 0 Å². The van der Waals surface area contributed by atoms with Crippen molar-refractivity contribution in [2.24, 2.45) is 5.92 Å². The molecule has 1 aromatic carbocycles. The lowest BCUT2D eigenvalue weighted by atomic mass is 9.86. The molecule has 0 bridgehead atoms. The predicted octanol–water partition coefficient (Wildman–Crippen LogP) is 5.46. The molecule has 2 N–H and O–H groups in total. The number of pyridine rings is 1. The van der Waals surface area contributed by atoms with Gasteiger partial charge in [-0.15, -0.1) is 0 Å². The van der Waals surface area contributed by atoms with Crippen molar-refractivity contribution in [3.8, 4) is 0 Å². The van der Waals surface area contributed by atoms with Crippen LogP contribution in [0, 0.1) is 12.8 Å². The van der Waals surface area contributed by atoms with Crippen molar-refractivity contribution in [1.82, 2.24) is 10.3 Å². The third kappa shape index (κ3) is 5.85. The van der Waals surface area contributed by atoms with Gasteiger partial charge in [-0.05, 0) is 74.4 Å². The summed E-state index contributed by atoms with van der Waals surface area (Å²) in [5.74, 6) is 0.744. The summed E-state index contributed by atoms with van der Waals surface area (Å²) in [5.41, 5.74) is 0.115. The number of amides is 1. The molecule has 1 heterocycles. The van der Waals surface area contributed by atoms with E-state index in [1.165, 1.54) is 0 Å². The third-order valence-corrected chi connectivity index (χ3v) is 5.54. The number of alkyl halides is 3. The van der Waals surface area contributed by atoms with Crippen molar-refractivity contribution in [1.29, 1.82) is 0 Å². The molecule has 2 aromatic rings. The fraction of sp³-hybridized carbons (Fsp3) is 0.429. The number of rotatable bonds is 5. The lowest BCUT2D eigenvalue weighted by Gasteiger charge is -2.29. The number of benzene rings is 1. The van der Waals surface area contributed by atoms with E-state index < -0.39 is 17.6 Å². The summed E-state index contributed by atoms with van der Waals surface area (Å²) in [6.45, 7) is 2.81. The summed E-state index contributed by atoms with van der Waals surface area (Å²) in [5, 5.41) is 6.19. The van der Waals surface area contributed by atoms with E-state index in [0.29, 0.717) is 5.92 Å². The Labute approximate surface area is 172 Å². The highest BCUT2D eigenvalue weighted by molar-refractivity contribution is 6.33. The first-order valence-corrected chi connectivity index (χ1v) is 9.94. The van der Waals surface area contributed by atoms with Crippen LogP contribution in [-0.4, -0.2) is 23.5 Å². The number of nitrogens with one attached hydrogen (secondary N) is 2. The largest absolute Gasteiger partial charge is 0.416 e. The van der Waals surface area contributed by atoms with Crippen LogP contribution in [0.15, 0.2) is 36.5 Å². The molecule has 156 valence electrons. The highest BCUT2D eigenvalue weighted by atomic mass is 35.5. The van der Waals surface area contributed by atoms with Gasteiger partial charge in [-0.2, -0.15) is 13.2 Å². The first-order valence-electron chi connectivity index (χ1n) is 9.56. The Morgan fingerprint density at radius 3 is 2.55 bits per heavy atom. The molecule has 0 saturated heterocycles. The number of carbonyl (C=O) groups excluding carboxylic acids is 1. The van der Waals surface area contributed by atoms with Crippen molar-refractivity contribution < 1.29 is 18.0 Å².